The lowest BCUT2D eigenvalue weighted by atomic mass is 9.90. The van der Waals surface area contributed by atoms with Gasteiger partial charge in [-0.3, -0.25) is 0 Å². The van der Waals surface area contributed by atoms with E-state index in [0.29, 0.717) is 15.8 Å². The Kier molecular flexibility index (Phi) is 4.10. The maximum atomic E-state index is 1.75. The fourth-order valence-corrected chi connectivity index (χ4v) is 18.6. The van der Waals surface area contributed by atoms with Crippen molar-refractivity contribution in [3.63, 3.8) is 0 Å². The van der Waals surface area contributed by atoms with Crippen LogP contribution in [-0.4, -0.2) is 35.0 Å². The molecule has 0 bridgehead atoms. The molecule has 0 spiro atoms. The van der Waals surface area contributed by atoms with Gasteiger partial charge in [0.05, 0.1) is 0 Å². The van der Waals surface area contributed by atoms with Crippen molar-refractivity contribution >= 4 is 15.8 Å². The molecule has 2 aliphatic heterocycles. The summed E-state index contributed by atoms with van der Waals surface area (Å²) in [5.41, 5.74) is 5.02. The summed E-state index contributed by atoms with van der Waals surface area (Å²) in [6, 6.07) is 0. The van der Waals surface area contributed by atoms with Crippen LogP contribution in [0.4, 0.5) is 0 Å². The zero-order chi connectivity index (χ0) is 15.7. The molecule has 24 heavy (non-hydrogen) atoms. The van der Waals surface area contributed by atoms with Crippen LogP contribution in [0.2, 0.25) is 0 Å². The van der Waals surface area contributed by atoms with Crippen molar-refractivity contribution in [3.8, 4) is 0 Å². The second-order valence-electron chi connectivity index (χ2n) is 10.1. The number of rotatable bonds is 3. The smallest absolute Gasteiger partial charge is 0.0175 e. The van der Waals surface area contributed by atoms with E-state index in [0.717, 1.165) is 0 Å². The molecular weight excluding hydrogens is 326 g/mol. The molecule has 0 aromatic carbocycles. The van der Waals surface area contributed by atoms with Gasteiger partial charge in [-0.25, -0.2) is 0 Å². The van der Waals surface area contributed by atoms with Crippen LogP contribution in [0.3, 0.4) is 0 Å². The largest absolute Gasteiger partial charge is 0.0994 e. The summed E-state index contributed by atoms with van der Waals surface area (Å²) in [4.78, 5) is 0. The number of hydrogen-bond donors (Lipinski definition) is 0. The zero-order valence-electron chi connectivity index (χ0n) is 15.4. The van der Waals surface area contributed by atoms with E-state index >= 15 is 0 Å². The SMILES string of the molecule is C1CC2[C@H](C1)C1CCC[C@@H]1P2CCP1C2CCC[C@@H]2C2CCC[C@@H]21. The van der Waals surface area contributed by atoms with Crippen LogP contribution in [0.15, 0.2) is 0 Å². The molecule has 2 saturated heterocycles. The third-order valence-corrected chi connectivity index (χ3v) is 17.4. The molecule has 0 aromatic heterocycles. The van der Waals surface area contributed by atoms with Gasteiger partial charge in [0.15, 0.2) is 0 Å². The molecular formula is C22H36P2. The lowest BCUT2D eigenvalue weighted by Crippen LogP contribution is -2.13. The monoisotopic (exact) mass is 362 g/mol. The van der Waals surface area contributed by atoms with Crippen LogP contribution in [0, 0.1) is 23.7 Å². The molecule has 6 aliphatic rings. The van der Waals surface area contributed by atoms with Crippen molar-refractivity contribution in [2.45, 2.75) is 99.7 Å². The summed E-state index contributed by atoms with van der Waals surface area (Å²) in [5, 5.41) is 0. The Morgan fingerprint density at radius 2 is 0.708 bits per heavy atom. The normalized spacial score (nSPS) is 58.0. The Labute approximate surface area is 151 Å². The third kappa shape index (κ3) is 2.24. The lowest BCUT2D eigenvalue weighted by molar-refractivity contribution is 0.384. The van der Waals surface area contributed by atoms with Gasteiger partial charge in [0.1, 0.15) is 0 Å². The van der Waals surface area contributed by atoms with Crippen LogP contribution in [0.1, 0.15) is 77.0 Å². The Morgan fingerprint density at radius 1 is 0.417 bits per heavy atom. The van der Waals surface area contributed by atoms with E-state index in [2.05, 4.69) is 0 Å². The Morgan fingerprint density at radius 3 is 1.00 bits per heavy atom. The van der Waals surface area contributed by atoms with Gasteiger partial charge in [-0.15, -0.1) is 0 Å². The van der Waals surface area contributed by atoms with Gasteiger partial charge in [0.2, 0.25) is 0 Å². The molecule has 2 heteroatoms. The minimum atomic E-state index is 0.438. The van der Waals surface area contributed by atoms with Crippen LogP contribution >= 0.6 is 15.8 Å². The van der Waals surface area contributed by atoms with Gasteiger partial charge in [0, 0.05) is 0 Å². The molecule has 10 atom stereocenters. The van der Waals surface area contributed by atoms with Crippen LogP contribution in [0.25, 0.3) is 0 Å². The van der Waals surface area contributed by atoms with Crippen LogP contribution < -0.4 is 0 Å². The summed E-state index contributed by atoms with van der Waals surface area (Å²) < 4.78 is 0. The van der Waals surface area contributed by atoms with E-state index in [1.54, 1.807) is 89.4 Å². The third-order valence-electron chi connectivity index (χ3n) is 9.55. The average molecular weight is 362 g/mol. The summed E-state index contributed by atoms with van der Waals surface area (Å²) >= 11 is 0. The molecule has 4 aliphatic carbocycles. The molecule has 0 aromatic rings. The van der Waals surface area contributed by atoms with Crippen molar-refractivity contribution < 1.29 is 0 Å². The number of hydrogen-bond acceptors (Lipinski definition) is 0. The molecule has 6 unspecified atom stereocenters. The van der Waals surface area contributed by atoms with Gasteiger partial charge >= 0.3 is 0 Å². The Balaban J connectivity index is 1.19. The summed E-state index contributed by atoms with van der Waals surface area (Å²) in [7, 11) is 0.877. The highest BCUT2D eigenvalue weighted by Crippen LogP contribution is 2.73. The van der Waals surface area contributed by atoms with Gasteiger partial charge in [-0.1, -0.05) is 41.5 Å². The topological polar surface area (TPSA) is 0 Å². The summed E-state index contributed by atoms with van der Waals surface area (Å²) in [6.07, 6.45) is 23.0. The first-order valence-electron chi connectivity index (χ1n) is 11.4. The van der Waals surface area contributed by atoms with Gasteiger partial charge in [0.25, 0.3) is 0 Å². The van der Waals surface area contributed by atoms with E-state index in [1.165, 1.54) is 46.3 Å². The molecule has 0 radical (unpaired) electrons. The van der Waals surface area contributed by atoms with Crippen molar-refractivity contribution in [3.05, 3.63) is 0 Å². The highest BCUT2D eigenvalue weighted by Gasteiger charge is 2.55. The minimum Gasteiger partial charge on any atom is -0.0994 e. The fraction of sp³-hybridized carbons (Fsp3) is 1.00. The first-order chi connectivity index (χ1) is 11.9. The highest BCUT2D eigenvalue weighted by molar-refractivity contribution is 7.63. The van der Waals surface area contributed by atoms with Gasteiger partial charge in [-0.05, 0) is 110 Å². The maximum absolute atomic E-state index is 1.75. The first-order valence-corrected chi connectivity index (χ1v) is 14.8. The molecule has 134 valence electrons. The predicted octanol–water partition coefficient (Wildman–Crippen LogP) is 6.65. The van der Waals surface area contributed by atoms with Crippen LogP contribution in [0.5, 0.6) is 0 Å². The van der Waals surface area contributed by atoms with E-state index in [1.807, 2.05) is 0 Å². The first kappa shape index (κ1) is 15.9. The van der Waals surface area contributed by atoms with Gasteiger partial charge in [-0.2, -0.15) is 0 Å². The minimum absolute atomic E-state index is 0.438. The molecule has 2 heterocycles. The molecule has 6 rings (SSSR count). The number of fused-ring (bicyclic) bond motifs is 6. The van der Waals surface area contributed by atoms with Crippen molar-refractivity contribution in [1.29, 1.82) is 0 Å². The summed E-state index contributed by atoms with van der Waals surface area (Å²) in [5.74, 6) is 4.88. The van der Waals surface area contributed by atoms with E-state index in [9.17, 15) is 0 Å². The van der Waals surface area contributed by atoms with E-state index in [4.69, 9.17) is 0 Å². The quantitative estimate of drug-likeness (QED) is 0.493. The Hall–Kier alpha value is 0.860. The maximum Gasteiger partial charge on any atom is -0.0175 e. The standard InChI is InChI=1S/C22H36P2/c1-5-15-16-6-2-10-20(16)23(19(15)9-1)13-14-24-21-11-3-7-17(21)18-8-4-12-22(18)24/h15-22H,1-14H2/t15-,16?,17-,18?,19?,20+,21?,22+,23?,24?/m1/s1. The van der Waals surface area contributed by atoms with Crippen molar-refractivity contribution in [2.24, 2.45) is 23.7 Å². The van der Waals surface area contributed by atoms with E-state index < -0.39 is 0 Å². The summed E-state index contributed by atoms with van der Waals surface area (Å²) in [6.45, 7) is 0. The van der Waals surface area contributed by atoms with Crippen LogP contribution in [-0.2, 0) is 0 Å². The van der Waals surface area contributed by atoms with E-state index in [-0.39, 0.29) is 0 Å². The van der Waals surface area contributed by atoms with Gasteiger partial charge < -0.3 is 0 Å². The molecule has 4 saturated carbocycles. The zero-order valence-corrected chi connectivity index (χ0v) is 17.2. The Bertz CT molecular complexity index is 406. The average Bonchev–Trinajstić information content (AvgIpc) is 3.38. The fourth-order valence-electron chi connectivity index (χ4n) is 8.91. The molecule has 0 amide bonds. The lowest BCUT2D eigenvalue weighted by Gasteiger charge is -2.30. The predicted molar refractivity (Wildman–Crippen MR) is 108 cm³/mol. The highest BCUT2D eigenvalue weighted by atomic mass is 31.1. The van der Waals surface area contributed by atoms with Crippen molar-refractivity contribution in [1.82, 2.24) is 0 Å². The molecule has 6 fully saturated rings. The second-order valence-corrected chi connectivity index (χ2v) is 15.7. The molecule has 0 nitrogen and oxygen atoms in total. The second kappa shape index (κ2) is 6.20. The molecule has 0 N–H and O–H groups in total. The van der Waals surface area contributed by atoms with Crippen molar-refractivity contribution in [2.75, 3.05) is 12.3 Å².